The van der Waals surface area contributed by atoms with Crippen LogP contribution in [0.15, 0.2) is 0 Å². The average molecular weight is 1220 g/mol. The minimum absolute atomic E-state index is 0.887. The molecule has 24 N–H and O–H groups in total. The molecule has 5 fully saturated rings. The highest BCUT2D eigenvalue weighted by molar-refractivity contribution is 5.78. The van der Waals surface area contributed by atoms with Gasteiger partial charge in [0, 0.05) is 20.3 Å². The van der Waals surface area contributed by atoms with Crippen molar-refractivity contribution in [1.82, 2.24) is 16.0 Å². The standard InChI is InChI=1S/C45H77N3O35/c1-12(56)46-14(4-49)35(79-43-34(71)39(29(66)20(8-53)77-43)83-45(44(72)73)3-15(58)23(48-22(61)10-55)37(82-45)25(62)16(59)5-50)26(63)17(60)11-74-40-24(47-13(2)57)30(67)36(21(9-54)78-40)80-42-33(70)38(28(65)19(7-52)76-42)81-41-32(69)31(68)27(64)18(6-51)75-41/h14-21,23-43,49-55,58-60,62-71H,3-11H2,1-2H3,(H,46,56)(H,47,57)(H,48,61)(H,72,73)/t14-,15-,16+,17+,18+,19+,20+,21+,23+,24+,25+,26-,27-,28-,29-,30+,31-,32+,33+,34+,35+,36+,37+,38-,39-,40+,41+,42-,43-,45-/m0/s1. The summed E-state index contributed by atoms with van der Waals surface area (Å²) >= 11 is 0. The van der Waals surface area contributed by atoms with Crippen LogP contribution in [-0.4, -0.2) is 367 Å². The third-order valence-corrected chi connectivity index (χ3v) is 14.3. The van der Waals surface area contributed by atoms with Gasteiger partial charge in [0.2, 0.25) is 17.7 Å². The van der Waals surface area contributed by atoms with Crippen molar-refractivity contribution in [2.45, 2.75) is 204 Å². The molecule has 38 nitrogen and oxygen atoms in total. The summed E-state index contributed by atoms with van der Waals surface area (Å²) in [6.45, 7) is -6.98. The lowest BCUT2D eigenvalue weighted by molar-refractivity contribution is -0.377. The topological polar surface area (TPSA) is 622 Å². The zero-order valence-electron chi connectivity index (χ0n) is 44.2. The van der Waals surface area contributed by atoms with Crippen molar-refractivity contribution in [1.29, 1.82) is 0 Å². The predicted molar refractivity (Wildman–Crippen MR) is 255 cm³/mol. The first-order chi connectivity index (χ1) is 39.1. The van der Waals surface area contributed by atoms with Crippen molar-refractivity contribution in [3.05, 3.63) is 0 Å². The van der Waals surface area contributed by atoms with Gasteiger partial charge in [0.25, 0.3) is 5.79 Å². The molecule has 0 spiro atoms. The van der Waals surface area contributed by atoms with Gasteiger partial charge in [-0.3, -0.25) is 14.4 Å². The minimum Gasteiger partial charge on any atom is -0.477 e. The molecule has 83 heavy (non-hydrogen) atoms. The zero-order chi connectivity index (χ0) is 62.1. The summed E-state index contributed by atoms with van der Waals surface area (Å²) in [5, 5.41) is 230. The number of carboxylic acids is 1. The smallest absolute Gasteiger partial charge is 0.364 e. The monoisotopic (exact) mass is 1220 g/mol. The summed E-state index contributed by atoms with van der Waals surface area (Å²) in [5.41, 5.74) is 0. The molecule has 30 atom stereocenters. The van der Waals surface area contributed by atoms with Crippen molar-refractivity contribution in [2.24, 2.45) is 0 Å². The summed E-state index contributed by atoms with van der Waals surface area (Å²) in [5.74, 6) is -8.46. The number of nitrogens with one attached hydrogen (secondary N) is 3. The first-order valence-electron chi connectivity index (χ1n) is 25.8. The van der Waals surface area contributed by atoms with E-state index in [4.69, 9.17) is 47.4 Å². The SMILES string of the molecule is CC(=O)N[C@H]1[C@H](OC[C@@H](O)[C@H](O)[C@H](O[C@@H]2O[C@H](CO)[C@H](O)[C@H](O[C@]3(C(=O)O)C[C@H](O)[C@@H](NC(=O)CO)[C@H]([C@H](O)[C@H](O)CO)O3)[C@H]2O)[C@H](CO)NC(C)=O)O[C@H](CO)[C@@H](O[C@@H]2O[C@H](CO)[C@H](O)[C@H](O[C@H]3O[C@H](CO)[C@H](O)[C@H](O)[C@H]3O)[C@H]2O)[C@@H]1O. The second-order valence-corrected chi connectivity index (χ2v) is 20.2. The summed E-state index contributed by atoms with van der Waals surface area (Å²) in [7, 11) is 0. The maximum absolute atomic E-state index is 13.0. The van der Waals surface area contributed by atoms with Crippen molar-refractivity contribution in [3.8, 4) is 0 Å². The van der Waals surface area contributed by atoms with Gasteiger partial charge in [-0.2, -0.15) is 0 Å². The van der Waals surface area contributed by atoms with Gasteiger partial charge < -0.3 is 171 Å². The van der Waals surface area contributed by atoms with Crippen LogP contribution in [0.1, 0.15) is 20.3 Å². The fraction of sp³-hybridized carbons (Fsp3) is 0.911. The third kappa shape index (κ3) is 16.3. The molecule has 0 aromatic carbocycles. The molecule has 0 saturated carbocycles. The number of carbonyl (C=O) groups excluding carboxylic acids is 3. The Bertz CT molecular complexity index is 2060. The van der Waals surface area contributed by atoms with Gasteiger partial charge in [-0.05, 0) is 0 Å². The van der Waals surface area contributed by atoms with Crippen LogP contribution in [0, 0.1) is 0 Å². The Morgan fingerprint density at radius 1 is 0.566 bits per heavy atom. The Morgan fingerprint density at radius 2 is 1.10 bits per heavy atom. The normalized spacial score (nSPS) is 41.8. The van der Waals surface area contributed by atoms with Crippen LogP contribution in [0.5, 0.6) is 0 Å². The molecule has 5 saturated heterocycles. The molecule has 0 radical (unpaired) electrons. The van der Waals surface area contributed by atoms with E-state index < -0.39 is 266 Å². The predicted octanol–water partition coefficient (Wildman–Crippen LogP) is -15.9. The number of ether oxygens (including phenoxy) is 10. The van der Waals surface area contributed by atoms with E-state index in [1.165, 1.54) is 0 Å². The average Bonchev–Trinajstić information content (AvgIpc) is 2.17. The van der Waals surface area contributed by atoms with E-state index in [1.807, 2.05) is 0 Å². The lowest BCUT2D eigenvalue weighted by Gasteiger charge is -2.50. The number of carbonyl (C=O) groups is 4. The van der Waals surface area contributed by atoms with Crippen molar-refractivity contribution in [3.63, 3.8) is 0 Å². The fourth-order valence-corrected chi connectivity index (χ4v) is 9.92. The summed E-state index contributed by atoms with van der Waals surface area (Å²) in [6, 6.07) is -5.45. The van der Waals surface area contributed by atoms with E-state index in [2.05, 4.69) is 16.0 Å². The minimum atomic E-state index is -3.30. The van der Waals surface area contributed by atoms with Crippen LogP contribution in [0.25, 0.3) is 0 Å². The Hall–Kier alpha value is -3.32. The van der Waals surface area contributed by atoms with Crippen molar-refractivity contribution >= 4 is 23.7 Å². The van der Waals surface area contributed by atoms with Crippen molar-refractivity contribution in [2.75, 3.05) is 52.9 Å². The molecule has 0 unspecified atom stereocenters. The first kappa shape index (κ1) is 70.4. The van der Waals surface area contributed by atoms with Crippen molar-refractivity contribution < 1.29 is 174 Å². The maximum atomic E-state index is 13.0. The van der Waals surface area contributed by atoms with Crippen LogP contribution in [-0.2, 0) is 66.5 Å². The second-order valence-electron chi connectivity index (χ2n) is 20.2. The van der Waals surface area contributed by atoms with Crippen LogP contribution in [0.4, 0.5) is 0 Å². The highest BCUT2D eigenvalue weighted by Gasteiger charge is 2.61. The number of amides is 3. The number of hydrogen-bond acceptors (Lipinski definition) is 34. The van der Waals surface area contributed by atoms with Gasteiger partial charge in [-0.1, -0.05) is 0 Å². The molecular weight excluding hydrogens is 1140 g/mol. The number of carboxylic acid groups (broad SMARTS) is 1. The molecule has 38 heteroatoms. The zero-order valence-corrected chi connectivity index (χ0v) is 44.2. The van der Waals surface area contributed by atoms with E-state index >= 15 is 0 Å². The maximum Gasteiger partial charge on any atom is 0.364 e. The Morgan fingerprint density at radius 3 is 1.63 bits per heavy atom. The van der Waals surface area contributed by atoms with E-state index in [1.54, 1.807) is 0 Å². The van der Waals surface area contributed by atoms with Crippen LogP contribution in [0.2, 0.25) is 0 Å². The van der Waals surface area contributed by atoms with Gasteiger partial charge >= 0.3 is 5.97 Å². The highest BCUT2D eigenvalue weighted by Crippen LogP contribution is 2.39. The molecule has 5 aliphatic rings. The third-order valence-electron chi connectivity index (χ3n) is 14.3. The van der Waals surface area contributed by atoms with E-state index in [0.29, 0.717) is 0 Å². The molecule has 0 aliphatic carbocycles. The van der Waals surface area contributed by atoms with E-state index in [9.17, 15) is 126 Å². The number of rotatable bonds is 27. The highest BCUT2D eigenvalue weighted by atomic mass is 16.8. The quantitative estimate of drug-likeness (QED) is 0.0363. The van der Waals surface area contributed by atoms with Crippen LogP contribution in [0.3, 0.4) is 0 Å². The molecular formula is C45H77N3O35. The fourth-order valence-electron chi connectivity index (χ4n) is 9.92. The Labute approximate surface area is 469 Å². The number of aliphatic hydroxyl groups excluding tert-OH is 20. The summed E-state index contributed by atoms with van der Waals surface area (Å²) in [4.78, 5) is 50.1. The molecule has 5 aliphatic heterocycles. The van der Waals surface area contributed by atoms with Gasteiger partial charge in [-0.15, -0.1) is 0 Å². The van der Waals surface area contributed by atoms with Gasteiger partial charge in [0.1, 0.15) is 141 Å². The van der Waals surface area contributed by atoms with Gasteiger partial charge in [0.15, 0.2) is 25.2 Å². The number of aliphatic carboxylic acids is 1. The van der Waals surface area contributed by atoms with Gasteiger partial charge in [-0.25, -0.2) is 4.79 Å². The molecule has 0 aromatic heterocycles. The second kappa shape index (κ2) is 31.0. The summed E-state index contributed by atoms with van der Waals surface area (Å²) < 4.78 is 56.3. The molecule has 0 bridgehead atoms. The largest absolute Gasteiger partial charge is 0.477 e. The first-order valence-corrected chi connectivity index (χ1v) is 25.8. The van der Waals surface area contributed by atoms with Crippen LogP contribution >= 0.6 is 0 Å². The molecule has 5 heterocycles. The lowest BCUT2D eigenvalue weighted by Crippen LogP contribution is -2.71. The van der Waals surface area contributed by atoms with Gasteiger partial charge in [0.05, 0.1) is 64.4 Å². The Kier molecular flexibility index (Phi) is 26.3. The molecule has 482 valence electrons. The summed E-state index contributed by atoms with van der Waals surface area (Å²) in [6.07, 6.45) is -55.4. The molecule has 3 amide bonds. The number of hydrogen-bond donors (Lipinski definition) is 24. The van der Waals surface area contributed by atoms with E-state index in [-0.39, 0.29) is 0 Å². The molecule has 0 aromatic rings. The molecule has 5 rings (SSSR count). The Balaban J connectivity index is 1.37. The number of aliphatic hydroxyl groups is 20. The van der Waals surface area contributed by atoms with Crippen LogP contribution < -0.4 is 16.0 Å². The lowest BCUT2D eigenvalue weighted by atomic mass is 9.88. The van der Waals surface area contributed by atoms with E-state index in [0.717, 1.165) is 13.8 Å².